The molecule has 0 spiro atoms. The van der Waals surface area contributed by atoms with Crippen molar-refractivity contribution in [2.75, 3.05) is 0 Å². The fourth-order valence-electron chi connectivity index (χ4n) is 0.566. The third kappa shape index (κ3) is 1.23. The van der Waals surface area contributed by atoms with E-state index in [1.165, 1.54) is 0 Å². The Morgan fingerprint density at radius 2 is 2.36 bits per heavy atom. The number of nitro groups is 1. The van der Waals surface area contributed by atoms with Crippen LogP contribution in [0, 0.1) is 16.1 Å². The molecule has 0 fully saturated rings. The number of aromatic hydroxyl groups is 1. The summed E-state index contributed by atoms with van der Waals surface area (Å²) in [4.78, 5) is 12.1. The summed E-state index contributed by atoms with van der Waals surface area (Å²) in [5.74, 6) is -2.27. The van der Waals surface area contributed by atoms with Gasteiger partial charge in [0.15, 0.2) is 0 Å². The minimum Gasteiger partial charge on any atom is -0.499 e. The number of hydrogen-bond acceptors (Lipinski definition) is 4. The van der Waals surface area contributed by atoms with Crippen LogP contribution in [0.2, 0.25) is 0 Å². The minimum atomic E-state index is -1.24. The van der Waals surface area contributed by atoms with Crippen molar-refractivity contribution in [1.82, 2.24) is 4.98 Å². The third-order valence-electron chi connectivity index (χ3n) is 1.06. The molecule has 58 valence electrons. The summed E-state index contributed by atoms with van der Waals surface area (Å²) < 4.78 is 12.3. The normalized spacial score (nSPS) is 9.55. The van der Waals surface area contributed by atoms with E-state index < -0.39 is 22.3 Å². The van der Waals surface area contributed by atoms with Crippen LogP contribution in [0.1, 0.15) is 0 Å². The Labute approximate surface area is 60.3 Å². The third-order valence-corrected chi connectivity index (χ3v) is 1.06. The number of pyridine rings is 1. The van der Waals surface area contributed by atoms with Crippen molar-refractivity contribution in [3.63, 3.8) is 0 Å². The standard InChI is InChI=1S/C5H3FN2O3/c6-5-4(9)3(8(10)11)1-2-7-5/h1-2,9H. The quantitative estimate of drug-likeness (QED) is 0.373. The largest absolute Gasteiger partial charge is 0.499 e. The fourth-order valence-corrected chi connectivity index (χ4v) is 0.566. The summed E-state index contributed by atoms with van der Waals surface area (Å²) in [6.45, 7) is 0. The van der Waals surface area contributed by atoms with Crippen LogP contribution >= 0.6 is 0 Å². The SMILES string of the molecule is O=[N+]([O-])c1ccnc(F)c1O. The number of halogens is 1. The van der Waals surface area contributed by atoms with E-state index in [-0.39, 0.29) is 0 Å². The molecule has 1 aromatic rings. The van der Waals surface area contributed by atoms with Gasteiger partial charge in [-0.1, -0.05) is 0 Å². The summed E-state index contributed by atoms with van der Waals surface area (Å²) in [5, 5.41) is 18.7. The van der Waals surface area contributed by atoms with Crippen molar-refractivity contribution in [1.29, 1.82) is 0 Å². The zero-order valence-corrected chi connectivity index (χ0v) is 5.19. The smallest absolute Gasteiger partial charge is 0.317 e. The highest BCUT2D eigenvalue weighted by Gasteiger charge is 2.16. The van der Waals surface area contributed by atoms with Gasteiger partial charge in [0, 0.05) is 12.3 Å². The molecule has 0 aliphatic rings. The Hall–Kier alpha value is -1.72. The van der Waals surface area contributed by atoms with Crippen LogP contribution in [0.25, 0.3) is 0 Å². The Morgan fingerprint density at radius 1 is 1.73 bits per heavy atom. The van der Waals surface area contributed by atoms with E-state index in [1.54, 1.807) is 0 Å². The molecule has 0 bridgehead atoms. The molecule has 0 aromatic carbocycles. The van der Waals surface area contributed by atoms with E-state index in [4.69, 9.17) is 5.11 Å². The van der Waals surface area contributed by atoms with E-state index in [9.17, 15) is 14.5 Å². The second-order valence-electron chi connectivity index (χ2n) is 1.73. The van der Waals surface area contributed by atoms with Crippen molar-refractivity contribution < 1.29 is 14.4 Å². The lowest BCUT2D eigenvalue weighted by Gasteiger charge is -1.93. The first-order chi connectivity index (χ1) is 5.13. The maximum Gasteiger partial charge on any atom is 0.317 e. The molecule has 0 saturated heterocycles. The van der Waals surface area contributed by atoms with Crippen LogP contribution in [-0.2, 0) is 0 Å². The molecule has 5 nitrogen and oxygen atoms in total. The van der Waals surface area contributed by atoms with Gasteiger partial charge in [0.2, 0.25) is 0 Å². The van der Waals surface area contributed by atoms with Crippen LogP contribution in [0.15, 0.2) is 12.3 Å². The maximum atomic E-state index is 12.3. The average molecular weight is 158 g/mol. The molecule has 6 heteroatoms. The molecule has 1 rings (SSSR count). The van der Waals surface area contributed by atoms with Crippen LogP contribution in [0.3, 0.4) is 0 Å². The van der Waals surface area contributed by atoms with Gasteiger partial charge in [0.25, 0.3) is 11.7 Å². The fraction of sp³-hybridized carbons (Fsp3) is 0. The first-order valence-electron chi connectivity index (χ1n) is 2.61. The molecule has 0 amide bonds. The zero-order chi connectivity index (χ0) is 8.43. The van der Waals surface area contributed by atoms with Gasteiger partial charge in [-0.15, -0.1) is 0 Å². The van der Waals surface area contributed by atoms with Crippen molar-refractivity contribution in [3.8, 4) is 5.75 Å². The molecule has 0 aliphatic heterocycles. The Morgan fingerprint density at radius 3 is 2.82 bits per heavy atom. The van der Waals surface area contributed by atoms with Crippen molar-refractivity contribution in [2.24, 2.45) is 0 Å². The molecular formula is C5H3FN2O3. The van der Waals surface area contributed by atoms with Crippen molar-refractivity contribution >= 4 is 5.69 Å². The van der Waals surface area contributed by atoms with E-state index in [1.807, 2.05) is 0 Å². The van der Waals surface area contributed by atoms with Crippen LogP contribution in [0.4, 0.5) is 10.1 Å². The number of rotatable bonds is 1. The van der Waals surface area contributed by atoms with Gasteiger partial charge in [-0.3, -0.25) is 10.1 Å². The first kappa shape index (κ1) is 7.39. The van der Waals surface area contributed by atoms with Crippen LogP contribution in [0.5, 0.6) is 5.75 Å². The Balaban J connectivity index is 3.27. The molecule has 0 atom stereocenters. The Bertz CT molecular complexity index is 302. The topological polar surface area (TPSA) is 76.3 Å². The van der Waals surface area contributed by atoms with Gasteiger partial charge < -0.3 is 5.11 Å². The van der Waals surface area contributed by atoms with E-state index >= 15 is 0 Å². The predicted molar refractivity (Wildman–Crippen MR) is 32.5 cm³/mol. The van der Waals surface area contributed by atoms with Crippen molar-refractivity contribution in [3.05, 3.63) is 28.3 Å². The number of aromatic nitrogens is 1. The highest BCUT2D eigenvalue weighted by molar-refractivity contribution is 5.42. The molecule has 1 N–H and O–H groups in total. The van der Waals surface area contributed by atoms with Gasteiger partial charge >= 0.3 is 5.69 Å². The van der Waals surface area contributed by atoms with Crippen molar-refractivity contribution in [2.45, 2.75) is 0 Å². The summed E-state index contributed by atoms with van der Waals surface area (Å²) >= 11 is 0. The van der Waals surface area contributed by atoms with E-state index in [2.05, 4.69) is 4.98 Å². The molecule has 0 aliphatic carbocycles. The summed E-state index contributed by atoms with van der Waals surface area (Å²) in [5.41, 5.74) is -0.683. The van der Waals surface area contributed by atoms with Gasteiger partial charge in [-0.25, -0.2) is 4.98 Å². The first-order valence-corrected chi connectivity index (χ1v) is 2.61. The van der Waals surface area contributed by atoms with E-state index in [0.29, 0.717) is 0 Å². The van der Waals surface area contributed by atoms with Gasteiger partial charge in [0.1, 0.15) is 0 Å². The molecule has 1 heterocycles. The molecule has 0 radical (unpaired) electrons. The lowest BCUT2D eigenvalue weighted by molar-refractivity contribution is -0.386. The van der Waals surface area contributed by atoms with Crippen LogP contribution in [-0.4, -0.2) is 15.0 Å². The average Bonchev–Trinajstić information content (AvgIpc) is 1.94. The highest BCUT2D eigenvalue weighted by atomic mass is 19.1. The number of hydrogen-bond donors (Lipinski definition) is 1. The predicted octanol–water partition coefficient (Wildman–Crippen LogP) is 0.834. The van der Waals surface area contributed by atoms with Crippen LogP contribution < -0.4 is 0 Å². The monoisotopic (exact) mass is 158 g/mol. The highest BCUT2D eigenvalue weighted by Crippen LogP contribution is 2.25. The van der Waals surface area contributed by atoms with E-state index in [0.717, 1.165) is 12.3 Å². The zero-order valence-electron chi connectivity index (χ0n) is 5.19. The molecule has 0 unspecified atom stereocenters. The van der Waals surface area contributed by atoms with Gasteiger partial charge in [0.05, 0.1) is 4.92 Å². The summed E-state index contributed by atoms with van der Waals surface area (Å²) in [7, 11) is 0. The number of nitrogens with zero attached hydrogens (tertiary/aromatic N) is 2. The Kier molecular flexibility index (Phi) is 1.67. The molecule has 0 saturated carbocycles. The van der Waals surface area contributed by atoms with Gasteiger partial charge in [-0.05, 0) is 0 Å². The lowest BCUT2D eigenvalue weighted by atomic mass is 10.4. The maximum absolute atomic E-state index is 12.3. The summed E-state index contributed by atoms with van der Waals surface area (Å²) in [6.07, 6.45) is 0.910. The van der Waals surface area contributed by atoms with Gasteiger partial charge in [-0.2, -0.15) is 4.39 Å². The second-order valence-corrected chi connectivity index (χ2v) is 1.73. The second kappa shape index (κ2) is 2.49. The summed E-state index contributed by atoms with van der Waals surface area (Å²) in [6, 6.07) is 0.915. The lowest BCUT2D eigenvalue weighted by Crippen LogP contribution is -1.91. The minimum absolute atomic E-state index is 0.683. The molecule has 11 heavy (non-hydrogen) atoms. The molecular weight excluding hydrogens is 155 g/mol. The molecule has 1 aromatic heterocycles.